The third-order valence-electron chi connectivity index (χ3n) is 1.95. The van der Waals surface area contributed by atoms with Gasteiger partial charge in [-0.1, -0.05) is 6.58 Å². The van der Waals surface area contributed by atoms with Crippen LogP contribution in [0.1, 0.15) is 6.92 Å². The summed E-state index contributed by atoms with van der Waals surface area (Å²) in [7, 11) is 0. The molecule has 1 rings (SSSR count). The molecule has 0 radical (unpaired) electrons. The molecule has 0 aromatic carbocycles. The van der Waals surface area contributed by atoms with Gasteiger partial charge in [0, 0.05) is 0 Å². The monoisotopic (exact) mass is 228 g/mol. The van der Waals surface area contributed by atoms with Crippen LogP contribution in [0.25, 0.3) is 0 Å². The molecule has 0 aromatic heterocycles. The van der Waals surface area contributed by atoms with E-state index in [2.05, 4.69) is 16.1 Å². The van der Waals surface area contributed by atoms with Crippen molar-refractivity contribution in [2.24, 2.45) is 0 Å². The van der Waals surface area contributed by atoms with Crippen LogP contribution in [0.5, 0.6) is 0 Å². The van der Waals surface area contributed by atoms with E-state index in [1.165, 1.54) is 0 Å². The molecule has 1 heterocycles. The fourth-order valence-corrected chi connectivity index (χ4v) is 1.16. The Morgan fingerprint density at radius 1 is 1.75 bits per heavy atom. The van der Waals surface area contributed by atoms with Crippen LogP contribution in [0, 0.1) is 0 Å². The molecule has 0 saturated heterocycles. The van der Waals surface area contributed by atoms with Crippen LogP contribution < -0.4 is 0 Å². The van der Waals surface area contributed by atoms with Gasteiger partial charge in [0.15, 0.2) is 0 Å². The van der Waals surface area contributed by atoms with Crippen LogP contribution in [0.4, 0.5) is 0 Å². The Morgan fingerprint density at radius 3 is 2.81 bits per heavy atom. The van der Waals surface area contributed by atoms with Crippen molar-refractivity contribution in [1.29, 1.82) is 0 Å². The van der Waals surface area contributed by atoms with Crippen molar-refractivity contribution >= 4 is 11.9 Å². The highest BCUT2D eigenvalue weighted by Gasteiger charge is 2.32. The molecule has 0 aromatic rings. The summed E-state index contributed by atoms with van der Waals surface area (Å²) in [4.78, 5) is 22.3. The standard InChI is InChI=1S/C10H12O6/c1-3-15-9(13)5(2)8(12)6-4-7(11)16-10(6)14/h4,7-8,11-12H,2-3H2,1H3. The van der Waals surface area contributed by atoms with E-state index in [0.717, 1.165) is 6.08 Å². The second-order valence-electron chi connectivity index (χ2n) is 3.07. The summed E-state index contributed by atoms with van der Waals surface area (Å²) in [5.74, 6) is -1.68. The molecule has 0 fully saturated rings. The number of ether oxygens (including phenoxy) is 2. The largest absolute Gasteiger partial charge is 0.463 e. The highest BCUT2D eigenvalue weighted by Crippen LogP contribution is 2.20. The lowest BCUT2D eigenvalue weighted by atomic mass is 10.0. The molecule has 6 nitrogen and oxygen atoms in total. The van der Waals surface area contributed by atoms with Crippen LogP contribution in [0.3, 0.4) is 0 Å². The maximum Gasteiger partial charge on any atom is 0.339 e. The molecule has 2 N–H and O–H groups in total. The van der Waals surface area contributed by atoms with Gasteiger partial charge in [-0.2, -0.15) is 0 Å². The molecule has 2 atom stereocenters. The quantitative estimate of drug-likeness (QED) is 0.486. The molecule has 16 heavy (non-hydrogen) atoms. The van der Waals surface area contributed by atoms with Crippen LogP contribution in [0.15, 0.2) is 23.8 Å². The van der Waals surface area contributed by atoms with Gasteiger partial charge in [0.2, 0.25) is 6.29 Å². The van der Waals surface area contributed by atoms with E-state index >= 15 is 0 Å². The van der Waals surface area contributed by atoms with E-state index in [4.69, 9.17) is 5.11 Å². The lowest BCUT2D eigenvalue weighted by Crippen LogP contribution is -2.24. The zero-order valence-electron chi connectivity index (χ0n) is 8.67. The van der Waals surface area contributed by atoms with E-state index in [-0.39, 0.29) is 17.8 Å². The Labute approximate surface area is 91.8 Å². The van der Waals surface area contributed by atoms with E-state index in [1.54, 1.807) is 6.92 Å². The van der Waals surface area contributed by atoms with Gasteiger partial charge < -0.3 is 19.7 Å². The molecule has 0 bridgehead atoms. The van der Waals surface area contributed by atoms with E-state index < -0.39 is 24.3 Å². The predicted molar refractivity (Wildman–Crippen MR) is 52.0 cm³/mol. The van der Waals surface area contributed by atoms with Crippen molar-refractivity contribution in [1.82, 2.24) is 0 Å². The van der Waals surface area contributed by atoms with Crippen molar-refractivity contribution in [3.63, 3.8) is 0 Å². The number of rotatable bonds is 4. The molecule has 0 amide bonds. The molecule has 0 spiro atoms. The minimum atomic E-state index is -1.52. The predicted octanol–water partition coefficient (Wildman–Crippen LogP) is -0.732. The highest BCUT2D eigenvalue weighted by atomic mass is 16.6. The van der Waals surface area contributed by atoms with Crippen LogP contribution in [-0.4, -0.2) is 41.2 Å². The van der Waals surface area contributed by atoms with Gasteiger partial charge in [0.05, 0.1) is 17.8 Å². The fourth-order valence-electron chi connectivity index (χ4n) is 1.16. The fraction of sp³-hybridized carbons (Fsp3) is 0.400. The second kappa shape index (κ2) is 4.91. The SMILES string of the molecule is C=C(C(=O)OCC)C(O)C1=CC(O)OC1=O. The zero-order valence-corrected chi connectivity index (χ0v) is 8.67. The minimum absolute atomic E-state index is 0.136. The topological polar surface area (TPSA) is 93.1 Å². The Morgan fingerprint density at radius 2 is 2.38 bits per heavy atom. The molecule has 1 aliphatic rings. The molecule has 1 aliphatic heterocycles. The third kappa shape index (κ3) is 2.47. The maximum absolute atomic E-state index is 11.2. The summed E-state index contributed by atoms with van der Waals surface area (Å²) in [6.45, 7) is 5.06. The molecule has 0 saturated carbocycles. The number of cyclic esters (lactones) is 1. The summed E-state index contributed by atoms with van der Waals surface area (Å²) < 4.78 is 8.96. The zero-order chi connectivity index (χ0) is 12.3. The van der Waals surface area contributed by atoms with Crippen LogP contribution in [-0.2, 0) is 19.1 Å². The average Bonchev–Trinajstić information content (AvgIpc) is 2.56. The first-order valence-electron chi connectivity index (χ1n) is 4.62. The maximum atomic E-state index is 11.2. The minimum Gasteiger partial charge on any atom is -0.463 e. The molecular weight excluding hydrogens is 216 g/mol. The number of esters is 2. The summed E-state index contributed by atoms with van der Waals surface area (Å²) in [5.41, 5.74) is -0.496. The molecule has 0 aliphatic carbocycles. The summed E-state index contributed by atoms with van der Waals surface area (Å²) in [6, 6.07) is 0. The van der Waals surface area contributed by atoms with E-state index in [0.29, 0.717) is 0 Å². The molecule has 2 unspecified atom stereocenters. The number of hydrogen-bond donors (Lipinski definition) is 2. The first kappa shape index (κ1) is 12.4. The van der Waals surface area contributed by atoms with Gasteiger partial charge in [0.1, 0.15) is 6.10 Å². The number of carbonyl (C=O) groups excluding carboxylic acids is 2. The van der Waals surface area contributed by atoms with Crippen molar-refractivity contribution in [2.45, 2.75) is 19.3 Å². The molecular formula is C10H12O6. The Hall–Kier alpha value is -1.66. The first-order chi connectivity index (χ1) is 7.47. The van der Waals surface area contributed by atoms with Crippen LogP contribution in [0.2, 0.25) is 0 Å². The van der Waals surface area contributed by atoms with Gasteiger partial charge >= 0.3 is 11.9 Å². The van der Waals surface area contributed by atoms with Gasteiger partial charge in [-0.25, -0.2) is 9.59 Å². The van der Waals surface area contributed by atoms with Gasteiger partial charge in [0.25, 0.3) is 0 Å². The first-order valence-corrected chi connectivity index (χ1v) is 4.62. The van der Waals surface area contributed by atoms with Gasteiger partial charge in [-0.15, -0.1) is 0 Å². The van der Waals surface area contributed by atoms with E-state index in [1.807, 2.05) is 0 Å². The summed E-state index contributed by atoms with van der Waals surface area (Å²) in [5, 5.41) is 18.6. The van der Waals surface area contributed by atoms with Crippen LogP contribution >= 0.6 is 0 Å². The van der Waals surface area contributed by atoms with E-state index in [9.17, 15) is 14.7 Å². The van der Waals surface area contributed by atoms with Gasteiger partial charge in [-0.05, 0) is 13.0 Å². The van der Waals surface area contributed by atoms with Crippen molar-refractivity contribution in [3.8, 4) is 0 Å². The normalized spacial score (nSPS) is 21.1. The number of carbonyl (C=O) groups is 2. The third-order valence-corrected chi connectivity index (χ3v) is 1.95. The molecule has 88 valence electrons. The van der Waals surface area contributed by atoms with Crippen molar-refractivity contribution < 1.29 is 29.3 Å². The Bertz CT molecular complexity index is 356. The number of hydrogen-bond acceptors (Lipinski definition) is 6. The smallest absolute Gasteiger partial charge is 0.339 e. The van der Waals surface area contributed by atoms with Crippen molar-refractivity contribution in [3.05, 3.63) is 23.8 Å². The number of aliphatic hydroxyl groups is 2. The highest BCUT2D eigenvalue weighted by molar-refractivity contribution is 5.97. The second-order valence-corrected chi connectivity index (χ2v) is 3.07. The summed E-state index contributed by atoms with van der Waals surface area (Å²) in [6.07, 6.45) is -1.91. The Kier molecular flexibility index (Phi) is 3.81. The summed E-state index contributed by atoms with van der Waals surface area (Å²) >= 11 is 0. The number of aliphatic hydroxyl groups excluding tert-OH is 2. The Balaban J connectivity index is 2.75. The van der Waals surface area contributed by atoms with Crippen molar-refractivity contribution in [2.75, 3.05) is 6.61 Å². The average molecular weight is 228 g/mol. The lowest BCUT2D eigenvalue weighted by Gasteiger charge is -2.11. The van der Waals surface area contributed by atoms with Gasteiger partial charge in [-0.3, -0.25) is 0 Å². The molecule has 6 heteroatoms. The lowest BCUT2D eigenvalue weighted by molar-refractivity contribution is -0.151.